The maximum absolute atomic E-state index is 6.29. The Kier molecular flexibility index (Phi) is 4.55. The van der Waals surface area contributed by atoms with Crippen molar-refractivity contribution in [2.24, 2.45) is 5.73 Å². The lowest BCUT2D eigenvalue weighted by Gasteiger charge is -2.37. The molecule has 0 aliphatic carbocycles. The summed E-state index contributed by atoms with van der Waals surface area (Å²) in [5.74, 6) is 2.01. The number of hydrogen-bond donors (Lipinski definition) is 1. The first-order valence-electron chi connectivity index (χ1n) is 7.47. The van der Waals surface area contributed by atoms with Crippen LogP contribution in [0.3, 0.4) is 0 Å². The largest absolute Gasteiger partial charge is 0.493 e. The van der Waals surface area contributed by atoms with Crippen LogP contribution >= 0.6 is 11.3 Å². The van der Waals surface area contributed by atoms with Crippen molar-refractivity contribution in [2.75, 3.05) is 32.2 Å². The predicted octanol–water partition coefficient (Wildman–Crippen LogP) is 3.09. The molecule has 0 spiro atoms. The van der Waals surface area contributed by atoms with E-state index in [2.05, 4.69) is 28.5 Å². The van der Waals surface area contributed by atoms with Crippen molar-refractivity contribution in [2.45, 2.75) is 18.4 Å². The van der Waals surface area contributed by atoms with Gasteiger partial charge in [-0.25, -0.2) is 0 Å². The van der Waals surface area contributed by atoms with Gasteiger partial charge in [-0.05, 0) is 30.0 Å². The average Bonchev–Trinajstić information content (AvgIpc) is 3.08. The monoisotopic (exact) mass is 318 g/mol. The molecule has 2 unspecified atom stereocenters. The van der Waals surface area contributed by atoms with Crippen LogP contribution < -0.4 is 20.1 Å². The lowest BCUT2D eigenvalue weighted by atomic mass is 9.93. The van der Waals surface area contributed by atoms with Crippen LogP contribution in [0.5, 0.6) is 11.5 Å². The van der Waals surface area contributed by atoms with E-state index in [1.54, 1.807) is 14.2 Å². The molecule has 0 amide bonds. The number of rotatable bonds is 4. The highest BCUT2D eigenvalue weighted by atomic mass is 32.1. The van der Waals surface area contributed by atoms with Crippen LogP contribution in [-0.4, -0.2) is 33.4 Å². The highest BCUT2D eigenvalue weighted by Crippen LogP contribution is 2.35. The fourth-order valence-corrected chi connectivity index (χ4v) is 3.93. The van der Waals surface area contributed by atoms with Crippen LogP contribution in [0.2, 0.25) is 0 Å². The zero-order valence-electron chi connectivity index (χ0n) is 13.0. The molecule has 4 nitrogen and oxygen atoms in total. The van der Waals surface area contributed by atoms with Crippen molar-refractivity contribution in [3.63, 3.8) is 0 Å². The van der Waals surface area contributed by atoms with E-state index in [0.717, 1.165) is 36.7 Å². The van der Waals surface area contributed by atoms with Gasteiger partial charge in [0.25, 0.3) is 0 Å². The van der Waals surface area contributed by atoms with Gasteiger partial charge in [0.15, 0.2) is 11.5 Å². The van der Waals surface area contributed by atoms with Crippen molar-refractivity contribution >= 4 is 17.0 Å². The Morgan fingerprint density at radius 3 is 2.64 bits per heavy atom. The van der Waals surface area contributed by atoms with E-state index in [1.807, 2.05) is 23.5 Å². The molecule has 1 aliphatic rings. The predicted molar refractivity (Wildman–Crippen MR) is 91.4 cm³/mol. The molecule has 0 bridgehead atoms. The summed E-state index contributed by atoms with van der Waals surface area (Å²) in [6, 6.07) is 10.6. The number of nitrogens with two attached hydrogens (primary N) is 1. The van der Waals surface area contributed by atoms with Gasteiger partial charge < -0.3 is 20.1 Å². The Morgan fingerprint density at radius 2 is 1.95 bits per heavy atom. The molecule has 2 heterocycles. The molecule has 1 fully saturated rings. The van der Waals surface area contributed by atoms with Crippen LogP contribution in [0.15, 0.2) is 35.7 Å². The minimum absolute atomic E-state index is 0.189. The molecule has 0 saturated carbocycles. The van der Waals surface area contributed by atoms with Crippen molar-refractivity contribution in [1.82, 2.24) is 0 Å². The molecule has 1 aromatic heterocycles. The smallest absolute Gasteiger partial charge is 0.162 e. The number of methoxy groups -OCH3 is 2. The maximum atomic E-state index is 6.29. The first kappa shape index (κ1) is 15.2. The Labute approximate surface area is 135 Å². The summed E-state index contributed by atoms with van der Waals surface area (Å²) in [5, 5.41) is 2.14. The zero-order chi connectivity index (χ0) is 15.5. The molecule has 1 saturated heterocycles. The van der Waals surface area contributed by atoms with Crippen LogP contribution in [0.1, 0.15) is 17.2 Å². The Bertz CT molecular complexity index is 615. The van der Waals surface area contributed by atoms with E-state index in [9.17, 15) is 0 Å². The normalized spacial score (nSPS) is 21.7. The first-order valence-corrected chi connectivity index (χ1v) is 8.35. The number of nitrogens with zero attached hydrogens (tertiary/aromatic N) is 1. The number of thiophene rings is 1. The number of ether oxygens (including phenoxy) is 2. The van der Waals surface area contributed by atoms with Crippen molar-refractivity contribution in [3.05, 3.63) is 40.6 Å². The van der Waals surface area contributed by atoms with E-state index in [0.29, 0.717) is 5.92 Å². The summed E-state index contributed by atoms with van der Waals surface area (Å²) < 4.78 is 10.7. The molecule has 0 radical (unpaired) electrons. The fourth-order valence-electron chi connectivity index (χ4n) is 3.10. The van der Waals surface area contributed by atoms with E-state index in [1.165, 1.54) is 4.88 Å². The third-order valence-corrected chi connectivity index (χ3v) is 5.20. The molecular weight excluding hydrogens is 296 g/mol. The summed E-state index contributed by atoms with van der Waals surface area (Å²) >= 11 is 1.82. The number of piperidine rings is 1. The summed E-state index contributed by atoms with van der Waals surface area (Å²) in [6.07, 6.45) is 1.05. The van der Waals surface area contributed by atoms with E-state index in [-0.39, 0.29) is 6.04 Å². The van der Waals surface area contributed by atoms with Crippen LogP contribution in [0.4, 0.5) is 5.69 Å². The van der Waals surface area contributed by atoms with Gasteiger partial charge in [-0.1, -0.05) is 6.07 Å². The quantitative estimate of drug-likeness (QED) is 0.941. The topological polar surface area (TPSA) is 47.7 Å². The molecule has 2 N–H and O–H groups in total. The SMILES string of the molecule is COc1ccc(N2CC(N)CC(c3cccs3)C2)cc1OC. The summed E-state index contributed by atoms with van der Waals surface area (Å²) in [5.41, 5.74) is 7.43. The van der Waals surface area contributed by atoms with E-state index < -0.39 is 0 Å². The van der Waals surface area contributed by atoms with Crippen LogP contribution in [0.25, 0.3) is 0 Å². The van der Waals surface area contributed by atoms with Crippen molar-refractivity contribution in [3.8, 4) is 11.5 Å². The zero-order valence-corrected chi connectivity index (χ0v) is 13.8. The van der Waals surface area contributed by atoms with Gasteiger partial charge in [-0.3, -0.25) is 0 Å². The van der Waals surface area contributed by atoms with Gasteiger partial charge >= 0.3 is 0 Å². The second-order valence-electron chi connectivity index (χ2n) is 5.65. The Balaban J connectivity index is 1.84. The molecule has 1 aromatic carbocycles. The molecule has 3 rings (SSSR count). The number of benzene rings is 1. The van der Waals surface area contributed by atoms with E-state index in [4.69, 9.17) is 15.2 Å². The van der Waals surface area contributed by atoms with Crippen molar-refractivity contribution < 1.29 is 9.47 Å². The second-order valence-corrected chi connectivity index (χ2v) is 6.63. The highest BCUT2D eigenvalue weighted by Gasteiger charge is 2.27. The summed E-state index contributed by atoms with van der Waals surface area (Å²) in [7, 11) is 3.32. The maximum Gasteiger partial charge on any atom is 0.162 e. The highest BCUT2D eigenvalue weighted by molar-refractivity contribution is 7.10. The molecule has 5 heteroatoms. The first-order chi connectivity index (χ1) is 10.7. The number of anilines is 1. The Morgan fingerprint density at radius 1 is 1.14 bits per heavy atom. The second kappa shape index (κ2) is 6.58. The van der Waals surface area contributed by atoms with Gasteiger partial charge in [0, 0.05) is 41.7 Å². The molecule has 2 aromatic rings. The van der Waals surface area contributed by atoms with Crippen LogP contribution in [-0.2, 0) is 0 Å². The van der Waals surface area contributed by atoms with Gasteiger partial charge in [0.2, 0.25) is 0 Å². The molecule has 1 aliphatic heterocycles. The van der Waals surface area contributed by atoms with Crippen molar-refractivity contribution in [1.29, 1.82) is 0 Å². The van der Waals surface area contributed by atoms with E-state index >= 15 is 0 Å². The summed E-state index contributed by atoms with van der Waals surface area (Å²) in [6.45, 7) is 1.86. The molecule has 2 atom stereocenters. The minimum Gasteiger partial charge on any atom is -0.493 e. The standard InChI is InChI=1S/C17H22N2O2S/c1-20-15-6-5-14(9-16(15)21-2)19-10-12(8-13(18)11-19)17-4-3-7-22-17/h3-7,9,12-13H,8,10-11,18H2,1-2H3. The van der Waals surface area contributed by atoms with Gasteiger partial charge in [-0.2, -0.15) is 0 Å². The average molecular weight is 318 g/mol. The lowest BCUT2D eigenvalue weighted by molar-refractivity contribution is 0.354. The van der Waals surface area contributed by atoms with Crippen LogP contribution in [0, 0.1) is 0 Å². The minimum atomic E-state index is 0.189. The molecule has 22 heavy (non-hydrogen) atoms. The van der Waals surface area contributed by atoms with Gasteiger partial charge in [-0.15, -0.1) is 11.3 Å². The third kappa shape index (κ3) is 3.05. The van der Waals surface area contributed by atoms with Gasteiger partial charge in [0.1, 0.15) is 0 Å². The Hall–Kier alpha value is -1.72. The molecule has 118 valence electrons. The third-order valence-electron chi connectivity index (χ3n) is 4.16. The molecular formula is C17H22N2O2S. The number of hydrogen-bond acceptors (Lipinski definition) is 5. The fraction of sp³-hybridized carbons (Fsp3) is 0.412. The lowest BCUT2D eigenvalue weighted by Crippen LogP contribution is -2.46. The summed E-state index contributed by atoms with van der Waals surface area (Å²) in [4.78, 5) is 3.76. The van der Waals surface area contributed by atoms with Gasteiger partial charge in [0.05, 0.1) is 14.2 Å².